The summed E-state index contributed by atoms with van der Waals surface area (Å²) in [5, 5.41) is 2.74. The Kier molecular flexibility index (Phi) is 2.65. The molecule has 0 saturated carbocycles. The molecule has 0 aliphatic rings. The summed E-state index contributed by atoms with van der Waals surface area (Å²) in [5.41, 5.74) is 12.6. The normalized spacial score (nSPS) is 12.3. The molecular weight excluding hydrogens is 158 g/mol. The summed E-state index contributed by atoms with van der Waals surface area (Å²) in [6.45, 7) is 0. The molecule has 8 heteroatoms. The van der Waals surface area contributed by atoms with Gasteiger partial charge in [-0.15, -0.1) is 4.40 Å². The van der Waals surface area contributed by atoms with Crippen molar-refractivity contribution >= 4 is 16.0 Å². The van der Waals surface area contributed by atoms with Crippen molar-refractivity contribution in [3.05, 3.63) is 10.4 Å². The Morgan fingerprint density at radius 2 is 2.20 bits per heavy atom. The van der Waals surface area contributed by atoms with Gasteiger partial charge in [-0.2, -0.15) is 0 Å². The second kappa shape index (κ2) is 3.04. The molecule has 0 aromatic heterocycles. The highest BCUT2D eigenvalue weighted by Crippen LogP contribution is 1.84. The van der Waals surface area contributed by atoms with Gasteiger partial charge < -0.3 is 5.73 Å². The molecule has 10 heavy (non-hydrogen) atoms. The summed E-state index contributed by atoms with van der Waals surface area (Å²) >= 11 is 0. The number of hydrogen-bond acceptors (Lipinski definition) is 2. The molecule has 2 N–H and O–H groups in total. The third-order valence-corrected chi connectivity index (χ3v) is 0.925. The van der Waals surface area contributed by atoms with E-state index in [0.717, 1.165) is 6.26 Å². The van der Waals surface area contributed by atoms with Crippen LogP contribution in [-0.4, -0.2) is 20.6 Å². The molecule has 0 aromatic rings. The summed E-state index contributed by atoms with van der Waals surface area (Å²) in [4.78, 5) is 2.22. The third kappa shape index (κ3) is 4.88. The van der Waals surface area contributed by atoms with Crippen LogP contribution in [0.4, 0.5) is 0 Å². The lowest BCUT2D eigenvalue weighted by Crippen LogP contribution is -2.09. The largest absolute Gasteiger partial charge is 0.381 e. The molecule has 7 nitrogen and oxygen atoms in total. The van der Waals surface area contributed by atoms with E-state index in [1.165, 1.54) is 0 Å². The second-order valence-corrected chi connectivity index (χ2v) is 3.02. The fourth-order valence-corrected chi connectivity index (χ4v) is 0.610. The first-order valence-corrected chi connectivity index (χ1v) is 3.91. The Labute approximate surface area is 57.2 Å². The lowest BCUT2D eigenvalue weighted by atomic mass is 11.1. The molecule has 0 heterocycles. The first-order chi connectivity index (χ1) is 4.45. The average Bonchev–Trinajstić information content (AvgIpc) is 1.59. The minimum Gasteiger partial charge on any atom is -0.381 e. The maximum atomic E-state index is 10.3. The first-order valence-electron chi connectivity index (χ1n) is 2.06. The zero-order valence-corrected chi connectivity index (χ0v) is 5.91. The SMILES string of the molecule is CS(=O)(=O)/N=C(\N)N=[N+]=[N-]. The summed E-state index contributed by atoms with van der Waals surface area (Å²) in [7, 11) is -3.55. The maximum absolute atomic E-state index is 10.3. The van der Waals surface area contributed by atoms with E-state index in [4.69, 9.17) is 11.3 Å². The Balaban J connectivity index is 4.65. The Bertz CT molecular complexity index is 283. The van der Waals surface area contributed by atoms with Crippen LogP contribution in [0.15, 0.2) is 9.51 Å². The van der Waals surface area contributed by atoms with Crippen LogP contribution < -0.4 is 5.73 Å². The van der Waals surface area contributed by atoms with Crippen LogP contribution in [0.5, 0.6) is 0 Å². The highest BCUT2D eigenvalue weighted by atomic mass is 32.2. The molecule has 0 rings (SSSR count). The fraction of sp³-hybridized carbons (Fsp3) is 0.500. The van der Waals surface area contributed by atoms with Crippen molar-refractivity contribution in [3.63, 3.8) is 0 Å². The number of sulfonamides is 1. The molecule has 0 saturated heterocycles. The maximum Gasteiger partial charge on any atom is 0.252 e. The van der Waals surface area contributed by atoms with Gasteiger partial charge in [-0.3, -0.25) is 0 Å². The summed E-state index contributed by atoms with van der Waals surface area (Å²) in [5.74, 6) is -0.606. The second-order valence-electron chi connectivity index (χ2n) is 1.37. The van der Waals surface area contributed by atoms with Crippen molar-refractivity contribution < 1.29 is 8.42 Å². The van der Waals surface area contributed by atoms with Crippen LogP contribution in [0.25, 0.3) is 10.4 Å². The monoisotopic (exact) mass is 163 g/mol. The Morgan fingerprint density at radius 3 is 2.50 bits per heavy atom. The number of guanidine groups is 1. The van der Waals surface area contributed by atoms with E-state index in [9.17, 15) is 8.42 Å². The summed E-state index contributed by atoms with van der Waals surface area (Å²) in [6, 6.07) is 0. The number of azide groups is 1. The first kappa shape index (κ1) is 8.73. The van der Waals surface area contributed by atoms with Gasteiger partial charge in [-0.05, 0) is 10.6 Å². The van der Waals surface area contributed by atoms with Crippen molar-refractivity contribution in [2.45, 2.75) is 0 Å². The molecule has 0 radical (unpaired) electrons. The van der Waals surface area contributed by atoms with Crippen LogP contribution >= 0.6 is 0 Å². The molecule has 0 spiro atoms. The van der Waals surface area contributed by atoms with Crippen LogP contribution in [0.3, 0.4) is 0 Å². The molecule has 0 bridgehead atoms. The van der Waals surface area contributed by atoms with Gasteiger partial charge in [-0.1, -0.05) is 0 Å². The molecule has 0 amide bonds. The number of rotatable bonds is 1. The van der Waals surface area contributed by atoms with E-state index in [2.05, 4.69) is 14.4 Å². The van der Waals surface area contributed by atoms with E-state index in [1.807, 2.05) is 0 Å². The van der Waals surface area contributed by atoms with Crippen LogP contribution in [0, 0.1) is 0 Å². The van der Waals surface area contributed by atoms with E-state index in [1.54, 1.807) is 0 Å². The van der Waals surface area contributed by atoms with Crippen molar-refractivity contribution in [2.75, 3.05) is 6.26 Å². The molecule has 0 unspecified atom stereocenters. The predicted octanol–water partition coefficient (Wildman–Crippen LogP) is -0.429. The fourth-order valence-electron chi connectivity index (χ4n) is 0.234. The van der Waals surface area contributed by atoms with Crippen LogP contribution in [-0.2, 0) is 10.0 Å². The highest BCUT2D eigenvalue weighted by Gasteiger charge is 1.96. The van der Waals surface area contributed by atoms with Gasteiger partial charge >= 0.3 is 0 Å². The number of hydrogen-bond donors (Lipinski definition) is 1. The Hall–Kier alpha value is -1.27. The van der Waals surface area contributed by atoms with Crippen molar-refractivity contribution in [3.8, 4) is 0 Å². The van der Waals surface area contributed by atoms with E-state index >= 15 is 0 Å². The lowest BCUT2D eigenvalue weighted by molar-refractivity contribution is 0.603. The number of nitrogens with two attached hydrogens (primary N) is 1. The molecule has 0 aliphatic carbocycles. The molecule has 0 atom stereocenters. The van der Waals surface area contributed by atoms with Crippen LogP contribution in [0.1, 0.15) is 0 Å². The standard InChI is InChI=1S/C2H5N5O2S/c1-10(8,9)6-2(3)5-7-4/h1H3,(H2,3,6). The van der Waals surface area contributed by atoms with Crippen LogP contribution in [0.2, 0.25) is 0 Å². The third-order valence-electron chi connectivity index (χ3n) is 0.407. The van der Waals surface area contributed by atoms with Crippen molar-refractivity contribution in [2.24, 2.45) is 15.2 Å². The van der Waals surface area contributed by atoms with Crippen molar-refractivity contribution in [1.82, 2.24) is 0 Å². The van der Waals surface area contributed by atoms with Gasteiger partial charge in [-0.25, -0.2) is 8.42 Å². The van der Waals surface area contributed by atoms with Gasteiger partial charge in [0.05, 0.1) is 6.26 Å². The summed E-state index contributed by atoms with van der Waals surface area (Å²) < 4.78 is 23.4. The highest BCUT2D eigenvalue weighted by molar-refractivity contribution is 7.89. The van der Waals surface area contributed by atoms with Gasteiger partial charge in [0.1, 0.15) is 0 Å². The van der Waals surface area contributed by atoms with Gasteiger partial charge in [0.25, 0.3) is 10.0 Å². The van der Waals surface area contributed by atoms with Gasteiger partial charge in [0, 0.05) is 4.91 Å². The van der Waals surface area contributed by atoms with E-state index in [-0.39, 0.29) is 0 Å². The molecule has 0 fully saturated rings. The van der Waals surface area contributed by atoms with E-state index in [0.29, 0.717) is 0 Å². The van der Waals surface area contributed by atoms with Crippen molar-refractivity contribution in [1.29, 1.82) is 0 Å². The summed E-state index contributed by atoms with van der Waals surface area (Å²) in [6.07, 6.45) is 0.840. The van der Waals surface area contributed by atoms with Gasteiger partial charge in [0.15, 0.2) is 0 Å². The average molecular weight is 163 g/mol. The minimum absolute atomic E-state index is 0.606. The quantitative estimate of drug-likeness (QED) is 0.185. The van der Waals surface area contributed by atoms with Gasteiger partial charge in [0.2, 0.25) is 5.96 Å². The molecular formula is C2H5N5O2S. The minimum atomic E-state index is -3.55. The molecule has 0 aliphatic heterocycles. The molecule has 56 valence electrons. The topological polar surface area (TPSA) is 121 Å². The smallest absolute Gasteiger partial charge is 0.252 e. The van der Waals surface area contributed by atoms with E-state index < -0.39 is 16.0 Å². The predicted molar refractivity (Wildman–Crippen MR) is 35.6 cm³/mol. The Morgan fingerprint density at radius 1 is 1.70 bits per heavy atom. The molecule has 0 aromatic carbocycles. The zero-order chi connectivity index (χ0) is 8.20. The lowest BCUT2D eigenvalue weighted by Gasteiger charge is -1.85. The number of nitrogens with zero attached hydrogens (tertiary/aromatic N) is 4. The zero-order valence-electron chi connectivity index (χ0n) is 5.09.